The van der Waals surface area contributed by atoms with Gasteiger partial charge >= 0.3 is 0 Å². The molecule has 8 N–H and O–H groups in total. The first kappa shape index (κ1) is 22.2. The molecule has 0 spiro atoms. The Morgan fingerprint density at radius 1 is 1.08 bits per heavy atom. The maximum Gasteiger partial charge on any atom is 0.242 e. The molecule has 140 valence electrons. The Labute approximate surface area is 145 Å². The first-order valence-corrected chi connectivity index (χ1v) is 8.69. The summed E-state index contributed by atoms with van der Waals surface area (Å²) in [6, 6.07) is -0.580. The van der Waals surface area contributed by atoms with Crippen molar-refractivity contribution < 1.29 is 9.59 Å². The zero-order valence-corrected chi connectivity index (χ0v) is 15.0. The molecule has 0 fully saturated rings. The normalized spacial score (nSPS) is 11.8. The van der Waals surface area contributed by atoms with E-state index in [2.05, 4.69) is 29.5 Å². The molecule has 0 heterocycles. The van der Waals surface area contributed by atoms with Crippen molar-refractivity contribution in [1.82, 2.24) is 10.6 Å². The molecule has 0 radical (unpaired) electrons. The number of hydrogen-bond acceptors (Lipinski definition) is 4. The maximum atomic E-state index is 12.3. The van der Waals surface area contributed by atoms with Gasteiger partial charge in [-0.3, -0.25) is 14.6 Å². The molecule has 0 rings (SSSR count). The highest BCUT2D eigenvalue weighted by atomic mass is 16.2. The average molecular weight is 342 g/mol. The number of unbranched alkanes of at least 4 members (excludes halogenated alkanes) is 1. The van der Waals surface area contributed by atoms with E-state index in [9.17, 15) is 9.59 Å². The maximum absolute atomic E-state index is 12.3. The van der Waals surface area contributed by atoms with Gasteiger partial charge in [0.05, 0.1) is 0 Å². The molecule has 0 saturated carbocycles. The summed E-state index contributed by atoms with van der Waals surface area (Å²) in [7, 11) is 0. The predicted molar refractivity (Wildman–Crippen MR) is 97.2 cm³/mol. The molecule has 0 aromatic heterocycles. The summed E-state index contributed by atoms with van der Waals surface area (Å²) in [5.74, 6) is 0.293. The smallest absolute Gasteiger partial charge is 0.242 e. The topological polar surface area (TPSA) is 149 Å². The number of guanidine groups is 1. The highest BCUT2D eigenvalue weighted by Crippen LogP contribution is 2.05. The van der Waals surface area contributed by atoms with Crippen molar-refractivity contribution in [3.8, 4) is 0 Å². The predicted octanol–water partition coefficient (Wildman–Crippen LogP) is -0.184. The van der Waals surface area contributed by atoms with Crippen LogP contribution in [0.15, 0.2) is 4.99 Å². The van der Waals surface area contributed by atoms with Crippen LogP contribution in [0.4, 0.5) is 0 Å². The van der Waals surface area contributed by atoms with Crippen molar-refractivity contribution in [1.29, 1.82) is 0 Å². The van der Waals surface area contributed by atoms with Gasteiger partial charge in [0.15, 0.2) is 5.96 Å². The molecule has 0 saturated heterocycles. The molecule has 0 aliphatic carbocycles. The van der Waals surface area contributed by atoms with E-state index in [1.54, 1.807) is 0 Å². The molecular formula is C16H34N6O2. The Morgan fingerprint density at radius 3 is 2.38 bits per heavy atom. The minimum Gasteiger partial charge on any atom is -0.370 e. The number of carbonyl (C=O) groups is 2. The lowest BCUT2D eigenvalue weighted by molar-refractivity contribution is -0.129. The molecule has 0 aliphatic rings. The van der Waals surface area contributed by atoms with Gasteiger partial charge < -0.3 is 27.8 Å². The van der Waals surface area contributed by atoms with Crippen LogP contribution >= 0.6 is 0 Å². The molecule has 0 aromatic rings. The molecule has 0 unspecified atom stereocenters. The average Bonchev–Trinajstić information content (AvgIpc) is 2.49. The zero-order chi connectivity index (χ0) is 18.4. The molecule has 0 aromatic carbocycles. The number of carbonyl (C=O) groups excluding carboxylic acids is 2. The largest absolute Gasteiger partial charge is 0.370 e. The van der Waals surface area contributed by atoms with Crippen molar-refractivity contribution in [2.24, 2.45) is 28.1 Å². The van der Waals surface area contributed by atoms with Crippen LogP contribution in [0.2, 0.25) is 0 Å². The number of amides is 2. The van der Waals surface area contributed by atoms with Crippen molar-refractivity contribution >= 4 is 17.8 Å². The van der Waals surface area contributed by atoms with E-state index in [0.717, 1.165) is 19.3 Å². The van der Waals surface area contributed by atoms with Gasteiger partial charge in [0, 0.05) is 26.1 Å². The Morgan fingerprint density at radius 2 is 1.79 bits per heavy atom. The van der Waals surface area contributed by atoms with E-state index < -0.39 is 6.04 Å². The second kappa shape index (κ2) is 13.6. The van der Waals surface area contributed by atoms with E-state index in [4.69, 9.17) is 17.2 Å². The summed E-state index contributed by atoms with van der Waals surface area (Å²) in [6.07, 6.45) is 4.43. The summed E-state index contributed by atoms with van der Waals surface area (Å²) in [5, 5.41) is 5.61. The van der Waals surface area contributed by atoms with Crippen LogP contribution in [0, 0.1) is 5.92 Å². The van der Waals surface area contributed by atoms with Crippen LogP contribution in [0.5, 0.6) is 0 Å². The monoisotopic (exact) mass is 342 g/mol. The first-order valence-electron chi connectivity index (χ1n) is 8.69. The summed E-state index contributed by atoms with van der Waals surface area (Å²) < 4.78 is 0. The second-order valence-electron chi connectivity index (χ2n) is 6.29. The van der Waals surface area contributed by atoms with Gasteiger partial charge in [-0.15, -0.1) is 0 Å². The minimum absolute atomic E-state index is 0.0216. The molecule has 24 heavy (non-hydrogen) atoms. The van der Waals surface area contributed by atoms with Crippen molar-refractivity contribution in [2.75, 3.05) is 19.6 Å². The van der Waals surface area contributed by atoms with Crippen molar-refractivity contribution in [2.45, 2.75) is 58.4 Å². The Balaban J connectivity index is 4.30. The third kappa shape index (κ3) is 12.7. The van der Waals surface area contributed by atoms with Gasteiger partial charge in [0.25, 0.3) is 0 Å². The summed E-state index contributed by atoms with van der Waals surface area (Å²) in [4.78, 5) is 27.9. The van der Waals surface area contributed by atoms with E-state index in [0.29, 0.717) is 31.8 Å². The number of hydrogen-bond donors (Lipinski definition) is 5. The lowest BCUT2D eigenvalue weighted by Crippen LogP contribution is -2.47. The molecule has 2 amide bonds. The van der Waals surface area contributed by atoms with Gasteiger partial charge in [-0.2, -0.15) is 0 Å². The molecule has 8 heteroatoms. The van der Waals surface area contributed by atoms with E-state index >= 15 is 0 Å². The summed E-state index contributed by atoms with van der Waals surface area (Å²) in [6.45, 7) is 5.65. The van der Waals surface area contributed by atoms with Crippen LogP contribution in [-0.2, 0) is 9.59 Å². The van der Waals surface area contributed by atoms with Gasteiger partial charge in [0.2, 0.25) is 11.8 Å². The standard InChI is InChI=1S/C16H34N6O2/c1-12(2)6-3-4-10-20-15(24)13(22-14(23)8-9-17)7-5-11-21-16(18)19/h12-13H,3-11,17H2,1-2H3,(H,20,24)(H,22,23)(H4,18,19,21)/t13-/m1/s1. The Bertz CT molecular complexity index is 394. The fourth-order valence-corrected chi connectivity index (χ4v) is 2.18. The van der Waals surface area contributed by atoms with Gasteiger partial charge in [0.1, 0.15) is 6.04 Å². The SMILES string of the molecule is CC(C)CCCCNC(=O)[C@@H](CCCN=C(N)N)NC(=O)CCN. The quantitative estimate of drug-likeness (QED) is 0.179. The van der Waals surface area contributed by atoms with Crippen LogP contribution in [0.3, 0.4) is 0 Å². The third-order valence-corrected chi connectivity index (χ3v) is 3.48. The molecule has 1 atom stereocenters. The fraction of sp³-hybridized carbons (Fsp3) is 0.812. The van der Waals surface area contributed by atoms with Crippen LogP contribution in [-0.4, -0.2) is 43.5 Å². The fourth-order valence-electron chi connectivity index (χ4n) is 2.18. The number of rotatable bonds is 13. The van der Waals surface area contributed by atoms with Gasteiger partial charge in [-0.1, -0.05) is 26.7 Å². The van der Waals surface area contributed by atoms with Crippen molar-refractivity contribution in [3.63, 3.8) is 0 Å². The molecule has 8 nitrogen and oxygen atoms in total. The second-order valence-corrected chi connectivity index (χ2v) is 6.29. The number of nitrogens with one attached hydrogen (secondary N) is 2. The van der Waals surface area contributed by atoms with Gasteiger partial charge in [-0.25, -0.2) is 0 Å². The number of nitrogens with two attached hydrogens (primary N) is 3. The van der Waals surface area contributed by atoms with Crippen LogP contribution in [0.25, 0.3) is 0 Å². The van der Waals surface area contributed by atoms with Crippen molar-refractivity contribution in [3.05, 3.63) is 0 Å². The molecule has 0 aliphatic heterocycles. The first-order chi connectivity index (χ1) is 11.4. The van der Waals surface area contributed by atoms with E-state index in [-0.39, 0.29) is 30.7 Å². The molecular weight excluding hydrogens is 308 g/mol. The molecule has 0 bridgehead atoms. The summed E-state index contributed by atoms with van der Waals surface area (Å²) >= 11 is 0. The summed E-state index contributed by atoms with van der Waals surface area (Å²) in [5.41, 5.74) is 15.9. The lowest BCUT2D eigenvalue weighted by atomic mass is 10.1. The Kier molecular flexibility index (Phi) is 12.6. The highest BCUT2D eigenvalue weighted by Gasteiger charge is 2.19. The lowest BCUT2D eigenvalue weighted by Gasteiger charge is -2.18. The van der Waals surface area contributed by atoms with Gasteiger partial charge in [-0.05, 0) is 25.2 Å². The van der Waals surface area contributed by atoms with Crippen LogP contribution in [0.1, 0.15) is 52.4 Å². The Hall–Kier alpha value is -1.83. The van der Waals surface area contributed by atoms with E-state index in [1.165, 1.54) is 0 Å². The zero-order valence-electron chi connectivity index (χ0n) is 15.0. The third-order valence-electron chi connectivity index (χ3n) is 3.48. The number of aliphatic imine (C=N–C) groups is 1. The highest BCUT2D eigenvalue weighted by molar-refractivity contribution is 5.87. The van der Waals surface area contributed by atoms with E-state index in [1.807, 2.05) is 0 Å². The minimum atomic E-state index is -0.580. The van der Waals surface area contributed by atoms with Crippen LogP contribution < -0.4 is 27.8 Å². The number of nitrogens with zero attached hydrogens (tertiary/aromatic N) is 1.